The Bertz CT molecular complexity index is 234. The summed E-state index contributed by atoms with van der Waals surface area (Å²) in [6.07, 6.45) is 2.63. The zero-order valence-electron chi connectivity index (χ0n) is 8.67. The number of aliphatic carboxylic acids is 1. The minimum Gasteiger partial charge on any atom is -0.481 e. The van der Waals surface area contributed by atoms with E-state index < -0.39 is 11.4 Å². The number of hydrogen-bond donors (Lipinski definition) is 2. The first kappa shape index (κ1) is 12.7. The van der Waals surface area contributed by atoms with Crippen molar-refractivity contribution in [2.45, 2.75) is 26.7 Å². The summed E-state index contributed by atoms with van der Waals surface area (Å²) < 4.78 is 0. The fraction of sp³-hybridized carbons (Fsp3) is 0.600. The molecular weight excluding hydrogens is 182 g/mol. The SMILES string of the molecule is C=CCCC(=O)NCC(C)(C)C(=O)O. The number of carboxylic acids is 1. The lowest BCUT2D eigenvalue weighted by Gasteiger charge is -2.19. The molecule has 4 heteroatoms. The van der Waals surface area contributed by atoms with E-state index in [0.29, 0.717) is 12.8 Å². The van der Waals surface area contributed by atoms with Gasteiger partial charge in [0.2, 0.25) is 5.91 Å². The highest BCUT2D eigenvalue weighted by Crippen LogP contribution is 2.13. The summed E-state index contributed by atoms with van der Waals surface area (Å²) in [6, 6.07) is 0. The van der Waals surface area contributed by atoms with E-state index in [-0.39, 0.29) is 12.5 Å². The van der Waals surface area contributed by atoms with Crippen LogP contribution < -0.4 is 5.32 Å². The summed E-state index contributed by atoms with van der Waals surface area (Å²) in [6.45, 7) is 6.79. The van der Waals surface area contributed by atoms with Crippen LogP contribution >= 0.6 is 0 Å². The third-order valence-electron chi connectivity index (χ3n) is 1.88. The van der Waals surface area contributed by atoms with Crippen molar-refractivity contribution in [1.82, 2.24) is 5.32 Å². The van der Waals surface area contributed by atoms with E-state index in [1.54, 1.807) is 19.9 Å². The fourth-order valence-electron chi connectivity index (χ4n) is 0.717. The van der Waals surface area contributed by atoms with Crippen molar-refractivity contribution < 1.29 is 14.7 Å². The second-order valence-corrected chi connectivity index (χ2v) is 3.79. The number of amides is 1. The molecule has 0 aromatic rings. The predicted molar refractivity (Wildman–Crippen MR) is 53.9 cm³/mol. The number of rotatable bonds is 6. The summed E-state index contributed by atoms with van der Waals surface area (Å²) in [7, 11) is 0. The molecule has 0 aliphatic carbocycles. The summed E-state index contributed by atoms with van der Waals surface area (Å²) in [5.74, 6) is -1.05. The molecule has 14 heavy (non-hydrogen) atoms. The van der Waals surface area contributed by atoms with Gasteiger partial charge in [0.15, 0.2) is 0 Å². The van der Waals surface area contributed by atoms with Crippen molar-refractivity contribution in [2.75, 3.05) is 6.54 Å². The van der Waals surface area contributed by atoms with Crippen LogP contribution in [0.15, 0.2) is 12.7 Å². The van der Waals surface area contributed by atoms with Gasteiger partial charge in [-0.1, -0.05) is 6.08 Å². The van der Waals surface area contributed by atoms with Gasteiger partial charge in [-0.25, -0.2) is 0 Å². The first-order chi connectivity index (χ1) is 6.40. The van der Waals surface area contributed by atoms with Gasteiger partial charge in [0.1, 0.15) is 0 Å². The molecule has 0 saturated carbocycles. The standard InChI is InChI=1S/C10H17NO3/c1-4-5-6-8(12)11-7-10(2,3)9(13)14/h4H,1,5-7H2,2-3H3,(H,11,12)(H,13,14). The molecule has 1 amide bonds. The van der Waals surface area contributed by atoms with Gasteiger partial charge in [0, 0.05) is 13.0 Å². The van der Waals surface area contributed by atoms with Gasteiger partial charge < -0.3 is 10.4 Å². The van der Waals surface area contributed by atoms with Crippen LogP contribution in [-0.4, -0.2) is 23.5 Å². The van der Waals surface area contributed by atoms with Gasteiger partial charge in [-0.2, -0.15) is 0 Å². The lowest BCUT2D eigenvalue weighted by Crippen LogP contribution is -2.38. The smallest absolute Gasteiger partial charge is 0.310 e. The molecule has 0 fully saturated rings. The molecule has 0 radical (unpaired) electrons. The van der Waals surface area contributed by atoms with Crippen molar-refractivity contribution >= 4 is 11.9 Å². The molecule has 2 N–H and O–H groups in total. The van der Waals surface area contributed by atoms with E-state index in [1.807, 2.05) is 0 Å². The summed E-state index contributed by atoms with van der Waals surface area (Å²) >= 11 is 0. The first-order valence-corrected chi connectivity index (χ1v) is 4.51. The van der Waals surface area contributed by atoms with Crippen molar-refractivity contribution in [3.63, 3.8) is 0 Å². The minimum absolute atomic E-state index is 0.140. The monoisotopic (exact) mass is 199 g/mol. The lowest BCUT2D eigenvalue weighted by atomic mass is 9.94. The lowest BCUT2D eigenvalue weighted by molar-refractivity contribution is -0.146. The molecule has 4 nitrogen and oxygen atoms in total. The molecule has 0 aliphatic heterocycles. The van der Waals surface area contributed by atoms with Crippen molar-refractivity contribution in [1.29, 1.82) is 0 Å². The molecule has 0 aliphatic rings. The molecule has 0 aromatic carbocycles. The van der Waals surface area contributed by atoms with Crippen molar-refractivity contribution in [3.8, 4) is 0 Å². The van der Waals surface area contributed by atoms with E-state index >= 15 is 0 Å². The van der Waals surface area contributed by atoms with E-state index in [0.717, 1.165) is 0 Å². The van der Waals surface area contributed by atoms with Crippen LogP contribution in [-0.2, 0) is 9.59 Å². The van der Waals surface area contributed by atoms with Crippen LogP contribution in [0, 0.1) is 5.41 Å². The van der Waals surface area contributed by atoms with Crippen LogP contribution in [0.1, 0.15) is 26.7 Å². The van der Waals surface area contributed by atoms with E-state index in [2.05, 4.69) is 11.9 Å². The number of allylic oxidation sites excluding steroid dienone is 1. The highest BCUT2D eigenvalue weighted by molar-refractivity contribution is 5.78. The highest BCUT2D eigenvalue weighted by Gasteiger charge is 2.27. The Balaban J connectivity index is 3.87. The summed E-state index contributed by atoms with van der Waals surface area (Å²) in [5.41, 5.74) is -0.913. The van der Waals surface area contributed by atoms with E-state index in [1.165, 1.54) is 0 Å². The molecule has 0 saturated heterocycles. The molecule has 0 bridgehead atoms. The van der Waals surface area contributed by atoms with Gasteiger partial charge in [-0.3, -0.25) is 9.59 Å². The normalized spacial score (nSPS) is 10.7. The molecule has 0 spiro atoms. The highest BCUT2D eigenvalue weighted by atomic mass is 16.4. The predicted octanol–water partition coefficient (Wildman–Crippen LogP) is 1.18. The third kappa shape index (κ3) is 4.64. The van der Waals surface area contributed by atoms with Crippen molar-refractivity contribution in [2.24, 2.45) is 5.41 Å². The largest absolute Gasteiger partial charge is 0.481 e. The molecule has 80 valence electrons. The topological polar surface area (TPSA) is 66.4 Å². The molecular formula is C10H17NO3. The molecule has 0 aromatic heterocycles. The zero-order valence-corrected chi connectivity index (χ0v) is 8.67. The van der Waals surface area contributed by atoms with Gasteiger partial charge in [-0.05, 0) is 20.3 Å². The molecule has 0 atom stereocenters. The minimum atomic E-state index is -0.915. The van der Waals surface area contributed by atoms with Gasteiger partial charge in [-0.15, -0.1) is 6.58 Å². The van der Waals surface area contributed by atoms with Crippen LogP contribution in [0.4, 0.5) is 0 Å². The van der Waals surface area contributed by atoms with Crippen LogP contribution in [0.3, 0.4) is 0 Å². The zero-order chi connectivity index (χ0) is 11.2. The molecule has 0 heterocycles. The van der Waals surface area contributed by atoms with Gasteiger partial charge in [0.25, 0.3) is 0 Å². The van der Waals surface area contributed by atoms with Gasteiger partial charge in [0.05, 0.1) is 5.41 Å². The summed E-state index contributed by atoms with van der Waals surface area (Å²) in [5, 5.41) is 11.3. The fourth-order valence-corrected chi connectivity index (χ4v) is 0.717. The maximum Gasteiger partial charge on any atom is 0.310 e. The Labute approximate surface area is 84.0 Å². The van der Waals surface area contributed by atoms with E-state index in [4.69, 9.17) is 5.11 Å². The number of nitrogens with one attached hydrogen (secondary N) is 1. The maximum atomic E-state index is 11.1. The number of carbonyl (C=O) groups is 2. The van der Waals surface area contributed by atoms with E-state index in [9.17, 15) is 9.59 Å². The quantitative estimate of drug-likeness (QED) is 0.631. The third-order valence-corrected chi connectivity index (χ3v) is 1.88. The first-order valence-electron chi connectivity index (χ1n) is 4.51. The Kier molecular flexibility index (Phi) is 4.91. The van der Waals surface area contributed by atoms with Crippen molar-refractivity contribution in [3.05, 3.63) is 12.7 Å². The average Bonchev–Trinajstić information content (AvgIpc) is 2.11. The molecule has 0 rings (SSSR count). The molecule has 0 unspecified atom stereocenters. The average molecular weight is 199 g/mol. The Morgan fingerprint density at radius 3 is 2.50 bits per heavy atom. The van der Waals surface area contributed by atoms with Crippen LogP contribution in [0.2, 0.25) is 0 Å². The van der Waals surface area contributed by atoms with Gasteiger partial charge >= 0.3 is 5.97 Å². The number of carbonyl (C=O) groups excluding carboxylic acids is 1. The second-order valence-electron chi connectivity index (χ2n) is 3.79. The van der Waals surface area contributed by atoms with Crippen LogP contribution in [0.5, 0.6) is 0 Å². The number of hydrogen-bond acceptors (Lipinski definition) is 2. The maximum absolute atomic E-state index is 11.1. The number of carboxylic acid groups (broad SMARTS) is 1. The second kappa shape index (κ2) is 5.42. The van der Waals surface area contributed by atoms with Crippen LogP contribution in [0.25, 0.3) is 0 Å². The Morgan fingerprint density at radius 2 is 2.07 bits per heavy atom. The Hall–Kier alpha value is -1.32. The Morgan fingerprint density at radius 1 is 1.50 bits per heavy atom. The summed E-state index contributed by atoms with van der Waals surface area (Å²) in [4.78, 5) is 21.8.